The molecule has 4 rings (SSSR count). The van der Waals surface area contributed by atoms with Gasteiger partial charge in [0.1, 0.15) is 0 Å². The van der Waals surface area contributed by atoms with Gasteiger partial charge in [-0.25, -0.2) is 0 Å². The average molecular weight is 435 g/mol. The summed E-state index contributed by atoms with van der Waals surface area (Å²) in [4.78, 5) is 25.5. The van der Waals surface area contributed by atoms with E-state index in [4.69, 9.17) is 11.5 Å². The summed E-state index contributed by atoms with van der Waals surface area (Å²) in [6.07, 6.45) is 0. The molecule has 0 aliphatic carbocycles. The Morgan fingerprint density at radius 1 is 0.545 bits per heavy atom. The molecule has 0 saturated carbocycles. The van der Waals surface area contributed by atoms with Gasteiger partial charge in [-0.1, -0.05) is 86.6 Å². The molecule has 0 radical (unpaired) electrons. The van der Waals surface area contributed by atoms with Crippen LogP contribution < -0.4 is 11.5 Å². The van der Waals surface area contributed by atoms with Crippen LogP contribution in [0, 0.1) is 0 Å². The van der Waals surface area contributed by atoms with Crippen LogP contribution in [0.4, 0.5) is 11.4 Å². The predicted octanol–water partition coefficient (Wildman–Crippen LogP) is 5.64. The normalized spacial score (nSPS) is 11.2. The lowest BCUT2D eigenvalue weighted by atomic mass is 9.77. The molecule has 0 aromatic heterocycles. The molecule has 0 atom stereocenters. The molecular weight excluding hydrogens is 408 g/mol. The minimum absolute atomic E-state index is 0.0592. The number of nitrogens with two attached hydrogens (primary N) is 2. The monoisotopic (exact) mass is 434 g/mol. The zero-order valence-electron chi connectivity index (χ0n) is 18.7. The number of hydrogen-bond donors (Lipinski definition) is 2. The first-order chi connectivity index (χ1) is 15.8. The molecule has 4 aromatic carbocycles. The van der Waals surface area contributed by atoms with Crippen molar-refractivity contribution in [3.05, 3.63) is 130 Å². The quantitative estimate of drug-likeness (QED) is 0.304. The highest BCUT2D eigenvalue weighted by molar-refractivity contribution is 6.10. The zero-order chi connectivity index (χ0) is 23.6. The minimum Gasteiger partial charge on any atom is -0.399 e. The number of rotatable bonds is 6. The Balaban J connectivity index is 1.55. The van der Waals surface area contributed by atoms with E-state index < -0.39 is 0 Å². The molecule has 0 aliphatic rings. The van der Waals surface area contributed by atoms with Gasteiger partial charge in [-0.15, -0.1) is 0 Å². The second kappa shape index (κ2) is 8.75. The van der Waals surface area contributed by atoms with E-state index in [-0.39, 0.29) is 17.0 Å². The molecule has 4 aromatic rings. The Bertz CT molecular complexity index is 1220. The van der Waals surface area contributed by atoms with Crippen molar-refractivity contribution in [1.29, 1.82) is 0 Å². The number of hydrogen-bond acceptors (Lipinski definition) is 4. The molecule has 4 N–H and O–H groups in total. The number of carbonyl (C=O) groups excluding carboxylic acids is 2. The van der Waals surface area contributed by atoms with Gasteiger partial charge in [0.15, 0.2) is 11.6 Å². The summed E-state index contributed by atoms with van der Waals surface area (Å²) >= 11 is 0. The third-order valence-electron chi connectivity index (χ3n) is 6.04. The Morgan fingerprint density at radius 2 is 0.909 bits per heavy atom. The number of benzene rings is 4. The van der Waals surface area contributed by atoms with Gasteiger partial charge in [0.2, 0.25) is 0 Å². The third-order valence-corrected chi connectivity index (χ3v) is 6.04. The van der Waals surface area contributed by atoms with E-state index >= 15 is 0 Å². The molecule has 0 aliphatic heterocycles. The molecular formula is C29H26N2O2. The molecule has 4 heteroatoms. The highest BCUT2D eigenvalue weighted by atomic mass is 16.1. The van der Waals surface area contributed by atoms with Gasteiger partial charge in [-0.05, 0) is 35.4 Å². The molecule has 0 amide bonds. The van der Waals surface area contributed by atoms with E-state index in [1.165, 1.54) is 0 Å². The first-order valence-corrected chi connectivity index (χ1v) is 10.8. The van der Waals surface area contributed by atoms with E-state index in [1.54, 1.807) is 48.5 Å². The van der Waals surface area contributed by atoms with Gasteiger partial charge >= 0.3 is 0 Å². The summed E-state index contributed by atoms with van der Waals surface area (Å²) in [5.41, 5.74) is 17.0. The SMILES string of the molecule is CC(C)(c1ccc(C(=O)c2cccc(N)c2)cc1)c1ccc(C(=O)c2cccc(N)c2)cc1. The zero-order valence-corrected chi connectivity index (χ0v) is 18.7. The maximum atomic E-state index is 12.8. The topological polar surface area (TPSA) is 86.2 Å². The van der Waals surface area contributed by atoms with E-state index in [9.17, 15) is 9.59 Å². The first kappa shape index (κ1) is 22.0. The lowest BCUT2D eigenvalue weighted by Gasteiger charge is -2.26. The van der Waals surface area contributed by atoms with Gasteiger partial charge in [0, 0.05) is 39.0 Å². The maximum Gasteiger partial charge on any atom is 0.193 e. The first-order valence-electron chi connectivity index (χ1n) is 10.8. The predicted molar refractivity (Wildman–Crippen MR) is 134 cm³/mol. The van der Waals surface area contributed by atoms with Crippen molar-refractivity contribution >= 4 is 22.9 Å². The summed E-state index contributed by atoms with van der Waals surface area (Å²) < 4.78 is 0. The van der Waals surface area contributed by atoms with Crippen LogP contribution in [0.1, 0.15) is 56.8 Å². The van der Waals surface area contributed by atoms with Crippen LogP contribution in [0.5, 0.6) is 0 Å². The van der Waals surface area contributed by atoms with E-state index in [0.717, 1.165) is 11.1 Å². The minimum atomic E-state index is -0.308. The summed E-state index contributed by atoms with van der Waals surface area (Å²) in [7, 11) is 0. The third kappa shape index (κ3) is 4.55. The molecule has 164 valence electrons. The van der Waals surface area contributed by atoms with Crippen molar-refractivity contribution in [3.8, 4) is 0 Å². The van der Waals surface area contributed by atoms with Crippen molar-refractivity contribution in [2.45, 2.75) is 19.3 Å². The molecule has 0 saturated heterocycles. The van der Waals surface area contributed by atoms with Gasteiger partial charge in [0.25, 0.3) is 0 Å². The second-order valence-corrected chi connectivity index (χ2v) is 8.69. The Morgan fingerprint density at radius 3 is 1.24 bits per heavy atom. The highest BCUT2D eigenvalue weighted by Crippen LogP contribution is 2.32. The van der Waals surface area contributed by atoms with Crippen molar-refractivity contribution in [2.75, 3.05) is 11.5 Å². The Labute approximate surface area is 193 Å². The lowest BCUT2D eigenvalue weighted by Crippen LogP contribution is -2.19. The fourth-order valence-electron chi connectivity index (χ4n) is 3.94. The van der Waals surface area contributed by atoms with Crippen molar-refractivity contribution in [1.82, 2.24) is 0 Å². The maximum absolute atomic E-state index is 12.8. The van der Waals surface area contributed by atoms with Gasteiger partial charge < -0.3 is 11.5 Å². The van der Waals surface area contributed by atoms with E-state index in [1.807, 2.05) is 48.5 Å². The average Bonchev–Trinajstić information content (AvgIpc) is 2.83. The molecule has 0 bridgehead atoms. The van der Waals surface area contributed by atoms with Crippen LogP contribution in [0.25, 0.3) is 0 Å². The standard InChI is InChI=1S/C29H26N2O2/c1-29(2,23-13-9-19(10-14-23)27(32)21-5-3-7-25(30)17-21)24-15-11-20(12-16-24)28(33)22-6-4-8-26(31)18-22/h3-18H,30-31H2,1-2H3. The molecule has 0 spiro atoms. The van der Waals surface area contributed by atoms with Crippen LogP contribution in [0.3, 0.4) is 0 Å². The van der Waals surface area contributed by atoms with E-state index in [2.05, 4.69) is 13.8 Å². The summed E-state index contributed by atoms with van der Waals surface area (Å²) in [6, 6.07) is 29.3. The summed E-state index contributed by atoms with van der Waals surface area (Å²) in [6.45, 7) is 4.24. The number of carbonyl (C=O) groups is 2. The Hall–Kier alpha value is -4.18. The molecule has 4 nitrogen and oxygen atoms in total. The van der Waals surface area contributed by atoms with Crippen LogP contribution in [0.2, 0.25) is 0 Å². The molecule has 33 heavy (non-hydrogen) atoms. The van der Waals surface area contributed by atoms with Crippen LogP contribution >= 0.6 is 0 Å². The smallest absolute Gasteiger partial charge is 0.193 e. The van der Waals surface area contributed by atoms with Crippen molar-refractivity contribution in [3.63, 3.8) is 0 Å². The molecule has 0 fully saturated rings. The Kier molecular flexibility index (Phi) is 5.84. The van der Waals surface area contributed by atoms with Crippen LogP contribution in [0.15, 0.2) is 97.1 Å². The summed E-state index contributed by atoms with van der Waals surface area (Å²) in [5, 5.41) is 0. The fourth-order valence-corrected chi connectivity index (χ4v) is 3.94. The number of nitrogen functional groups attached to an aromatic ring is 2. The molecule has 0 unspecified atom stereocenters. The van der Waals surface area contributed by atoms with E-state index in [0.29, 0.717) is 33.6 Å². The molecule has 0 heterocycles. The van der Waals surface area contributed by atoms with Gasteiger partial charge in [0.05, 0.1) is 0 Å². The number of anilines is 2. The lowest BCUT2D eigenvalue weighted by molar-refractivity contribution is 0.103. The fraction of sp³-hybridized carbons (Fsp3) is 0.103. The highest BCUT2D eigenvalue weighted by Gasteiger charge is 2.24. The second-order valence-electron chi connectivity index (χ2n) is 8.69. The van der Waals surface area contributed by atoms with Crippen molar-refractivity contribution < 1.29 is 9.59 Å². The van der Waals surface area contributed by atoms with Crippen LogP contribution in [-0.2, 0) is 5.41 Å². The van der Waals surface area contributed by atoms with Crippen LogP contribution in [-0.4, -0.2) is 11.6 Å². The van der Waals surface area contributed by atoms with Gasteiger partial charge in [-0.3, -0.25) is 9.59 Å². The van der Waals surface area contributed by atoms with Crippen molar-refractivity contribution in [2.24, 2.45) is 0 Å². The van der Waals surface area contributed by atoms with Gasteiger partial charge in [-0.2, -0.15) is 0 Å². The summed E-state index contributed by atoms with van der Waals surface area (Å²) in [5.74, 6) is -0.118. The number of ketones is 2. The largest absolute Gasteiger partial charge is 0.399 e.